The molecule has 1 aromatic heterocycles. The monoisotopic (exact) mass is 366 g/mol. The highest BCUT2D eigenvalue weighted by atomic mass is 19.1. The molecule has 0 unspecified atom stereocenters. The van der Waals surface area contributed by atoms with Crippen LogP contribution >= 0.6 is 0 Å². The Morgan fingerprint density at radius 1 is 1.11 bits per heavy atom. The average Bonchev–Trinajstić information content (AvgIpc) is 3.14. The number of hydrogen-bond acceptors (Lipinski definition) is 5. The minimum absolute atomic E-state index is 0.199. The third-order valence-corrected chi connectivity index (χ3v) is 3.92. The molecule has 4 rings (SSSR count). The lowest BCUT2D eigenvalue weighted by Gasteiger charge is -2.10. The summed E-state index contributed by atoms with van der Waals surface area (Å²) in [5.41, 5.74) is 1.65. The van der Waals surface area contributed by atoms with Crippen LogP contribution in [0.5, 0.6) is 17.2 Å². The van der Waals surface area contributed by atoms with Gasteiger partial charge in [0.1, 0.15) is 12.4 Å². The highest BCUT2D eigenvalue weighted by Crippen LogP contribution is 2.35. The molecule has 2 aromatic carbocycles. The van der Waals surface area contributed by atoms with Crippen LogP contribution in [0.3, 0.4) is 0 Å². The molecule has 1 N–H and O–H groups in total. The van der Waals surface area contributed by atoms with Gasteiger partial charge in [0.05, 0.1) is 0 Å². The Bertz CT molecular complexity index is 993. The minimum Gasteiger partial charge on any atom is -0.489 e. The van der Waals surface area contributed by atoms with Crippen LogP contribution in [-0.4, -0.2) is 17.7 Å². The van der Waals surface area contributed by atoms with Crippen molar-refractivity contribution in [1.82, 2.24) is 4.98 Å². The van der Waals surface area contributed by atoms with Gasteiger partial charge < -0.3 is 19.5 Å². The summed E-state index contributed by atoms with van der Waals surface area (Å²) < 4.78 is 29.5. The average molecular weight is 366 g/mol. The van der Waals surface area contributed by atoms with Crippen molar-refractivity contribution in [1.29, 1.82) is 0 Å². The predicted molar refractivity (Wildman–Crippen MR) is 95.5 cm³/mol. The molecule has 0 spiro atoms. The number of ether oxygens (including phenoxy) is 3. The number of nitrogens with zero attached hydrogens (tertiary/aromatic N) is 1. The van der Waals surface area contributed by atoms with E-state index in [1.54, 1.807) is 36.4 Å². The number of anilines is 1. The van der Waals surface area contributed by atoms with Crippen LogP contribution in [0.1, 0.15) is 15.9 Å². The van der Waals surface area contributed by atoms with Gasteiger partial charge in [-0.3, -0.25) is 4.79 Å². The molecule has 0 saturated carbocycles. The standard InChI is InChI=1S/C20H15FN2O4/c21-19-9-14(6-7-22-19)20(24)23-15-3-1-2-13(8-15)11-25-16-4-5-17-18(10-16)27-12-26-17/h1-10H,11-12H2,(H,23,24). The normalized spacial score (nSPS) is 11.9. The molecule has 7 heteroatoms. The van der Waals surface area contributed by atoms with E-state index in [0.717, 1.165) is 11.6 Å². The number of amides is 1. The lowest BCUT2D eigenvalue weighted by atomic mass is 10.2. The van der Waals surface area contributed by atoms with E-state index in [-0.39, 0.29) is 12.4 Å². The fraction of sp³-hybridized carbons (Fsp3) is 0.100. The molecule has 1 aliphatic rings. The lowest BCUT2D eigenvalue weighted by Crippen LogP contribution is -2.12. The first-order valence-corrected chi connectivity index (χ1v) is 8.22. The third-order valence-electron chi connectivity index (χ3n) is 3.92. The van der Waals surface area contributed by atoms with Gasteiger partial charge in [-0.2, -0.15) is 4.39 Å². The molecule has 0 bridgehead atoms. The van der Waals surface area contributed by atoms with Crippen molar-refractivity contribution >= 4 is 11.6 Å². The molecule has 27 heavy (non-hydrogen) atoms. The first-order valence-electron chi connectivity index (χ1n) is 8.22. The van der Waals surface area contributed by atoms with Crippen LogP contribution in [-0.2, 0) is 6.61 Å². The Hall–Kier alpha value is -3.61. The highest BCUT2D eigenvalue weighted by Gasteiger charge is 2.14. The molecule has 2 heterocycles. The first kappa shape index (κ1) is 16.8. The molecule has 1 amide bonds. The van der Waals surface area contributed by atoms with E-state index in [9.17, 15) is 9.18 Å². The van der Waals surface area contributed by atoms with Crippen molar-refractivity contribution in [3.8, 4) is 17.2 Å². The number of halogens is 1. The molecule has 0 fully saturated rings. The second kappa shape index (κ2) is 7.33. The van der Waals surface area contributed by atoms with Gasteiger partial charge in [-0.05, 0) is 35.9 Å². The predicted octanol–water partition coefficient (Wildman–Crippen LogP) is 3.78. The summed E-state index contributed by atoms with van der Waals surface area (Å²) in [6.07, 6.45) is 1.25. The zero-order valence-corrected chi connectivity index (χ0v) is 14.1. The van der Waals surface area contributed by atoms with Crippen molar-refractivity contribution in [3.63, 3.8) is 0 Å². The number of carbonyl (C=O) groups is 1. The van der Waals surface area contributed by atoms with E-state index in [2.05, 4.69) is 10.3 Å². The summed E-state index contributed by atoms with van der Waals surface area (Å²) in [5.74, 6) is 0.886. The second-order valence-electron chi connectivity index (χ2n) is 5.83. The van der Waals surface area contributed by atoms with Crippen LogP contribution in [0, 0.1) is 5.95 Å². The highest BCUT2D eigenvalue weighted by molar-refractivity contribution is 6.04. The number of benzene rings is 2. The first-order chi connectivity index (χ1) is 13.2. The summed E-state index contributed by atoms with van der Waals surface area (Å²) in [5, 5.41) is 2.73. The zero-order chi connectivity index (χ0) is 18.6. The SMILES string of the molecule is O=C(Nc1cccc(COc2ccc3c(c2)OCO3)c1)c1ccnc(F)c1. The molecule has 3 aromatic rings. The van der Waals surface area contributed by atoms with E-state index >= 15 is 0 Å². The largest absolute Gasteiger partial charge is 0.489 e. The maximum Gasteiger partial charge on any atom is 0.255 e. The molecule has 0 atom stereocenters. The summed E-state index contributed by atoms with van der Waals surface area (Å²) >= 11 is 0. The Labute approximate surface area is 154 Å². The summed E-state index contributed by atoms with van der Waals surface area (Å²) in [7, 11) is 0. The van der Waals surface area contributed by atoms with Crippen molar-refractivity contribution in [3.05, 3.63) is 77.9 Å². The molecule has 0 saturated heterocycles. The number of nitrogens with one attached hydrogen (secondary N) is 1. The van der Waals surface area contributed by atoms with Gasteiger partial charge in [-0.25, -0.2) is 4.98 Å². The maximum absolute atomic E-state index is 13.2. The van der Waals surface area contributed by atoms with Gasteiger partial charge in [0.25, 0.3) is 5.91 Å². The number of carbonyl (C=O) groups excluding carboxylic acids is 1. The summed E-state index contributed by atoms with van der Waals surface area (Å²) in [4.78, 5) is 15.6. The maximum atomic E-state index is 13.2. The van der Waals surface area contributed by atoms with Crippen molar-refractivity contribution < 1.29 is 23.4 Å². The van der Waals surface area contributed by atoms with Crippen LogP contribution in [0.4, 0.5) is 10.1 Å². The van der Waals surface area contributed by atoms with Crippen molar-refractivity contribution in [2.75, 3.05) is 12.1 Å². The van der Waals surface area contributed by atoms with Crippen molar-refractivity contribution in [2.45, 2.75) is 6.61 Å². The Kier molecular flexibility index (Phi) is 4.57. The van der Waals surface area contributed by atoms with Gasteiger partial charge in [0.2, 0.25) is 12.7 Å². The second-order valence-corrected chi connectivity index (χ2v) is 5.83. The Balaban J connectivity index is 1.41. The molecule has 6 nitrogen and oxygen atoms in total. The lowest BCUT2D eigenvalue weighted by molar-refractivity contribution is 0.102. The topological polar surface area (TPSA) is 69.7 Å². The molecular formula is C20H15FN2O4. The van der Waals surface area contributed by atoms with E-state index in [1.165, 1.54) is 12.3 Å². The number of aromatic nitrogens is 1. The fourth-order valence-corrected chi connectivity index (χ4v) is 2.62. The number of pyridine rings is 1. The van der Waals surface area contributed by atoms with Crippen LogP contribution in [0.15, 0.2) is 60.8 Å². The third kappa shape index (κ3) is 3.98. The smallest absolute Gasteiger partial charge is 0.255 e. The van der Waals surface area contributed by atoms with E-state index in [0.29, 0.717) is 29.5 Å². The van der Waals surface area contributed by atoms with Gasteiger partial charge in [0.15, 0.2) is 11.5 Å². The quantitative estimate of drug-likeness (QED) is 0.696. The van der Waals surface area contributed by atoms with Gasteiger partial charge in [-0.1, -0.05) is 12.1 Å². The van der Waals surface area contributed by atoms with E-state index in [1.807, 2.05) is 6.07 Å². The van der Waals surface area contributed by atoms with E-state index < -0.39 is 11.9 Å². The molecular weight excluding hydrogens is 351 g/mol. The summed E-state index contributed by atoms with van der Waals surface area (Å²) in [6, 6.07) is 15.1. The van der Waals surface area contributed by atoms with Gasteiger partial charge >= 0.3 is 0 Å². The molecule has 0 aliphatic carbocycles. The van der Waals surface area contributed by atoms with E-state index in [4.69, 9.17) is 14.2 Å². The molecule has 1 aliphatic heterocycles. The van der Waals surface area contributed by atoms with Crippen LogP contribution in [0.25, 0.3) is 0 Å². The number of fused-ring (bicyclic) bond motifs is 1. The summed E-state index contributed by atoms with van der Waals surface area (Å²) in [6.45, 7) is 0.523. The fourth-order valence-electron chi connectivity index (χ4n) is 2.62. The molecule has 136 valence electrons. The van der Waals surface area contributed by atoms with Crippen LogP contribution < -0.4 is 19.5 Å². The molecule has 0 radical (unpaired) electrons. The van der Waals surface area contributed by atoms with Gasteiger partial charge in [0, 0.05) is 29.6 Å². The minimum atomic E-state index is -0.700. The Morgan fingerprint density at radius 2 is 2.00 bits per heavy atom. The number of rotatable bonds is 5. The number of hydrogen-bond donors (Lipinski definition) is 1. The zero-order valence-electron chi connectivity index (χ0n) is 14.1. The van der Waals surface area contributed by atoms with Crippen molar-refractivity contribution in [2.24, 2.45) is 0 Å². The van der Waals surface area contributed by atoms with Crippen LogP contribution in [0.2, 0.25) is 0 Å². The van der Waals surface area contributed by atoms with Gasteiger partial charge in [-0.15, -0.1) is 0 Å². The Morgan fingerprint density at radius 3 is 2.89 bits per heavy atom.